The molecule has 3 aromatic carbocycles. The Labute approximate surface area is 245 Å². The molecule has 0 saturated carbocycles. The fourth-order valence-electron chi connectivity index (χ4n) is 3.35. The number of rotatable bonds is 9. The van der Waals surface area contributed by atoms with Crippen molar-refractivity contribution < 1.29 is 14.3 Å². The van der Waals surface area contributed by atoms with Crippen molar-refractivity contribution in [3.05, 3.63) is 104 Å². The third-order valence-electron chi connectivity index (χ3n) is 5.27. The minimum absolute atomic E-state index is 0.161. The molecule has 0 atom stereocenters. The highest BCUT2D eigenvalue weighted by Crippen LogP contribution is 2.26. The largest absolute Gasteiger partial charge is 0.469 e. The van der Waals surface area contributed by atoms with Gasteiger partial charge in [-0.25, -0.2) is 0 Å². The number of carbonyl (C=O) groups excluding carboxylic acids is 2. The normalized spacial score (nSPS) is 10.9. The molecule has 37 heavy (non-hydrogen) atoms. The number of hydrogen-bond acceptors (Lipinski definition) is 3. The number of allylic oxidation sites excluding steroid dienone is 1. The van der Waals surface area contributed by atoms with E-state index in [1.807, 2.05) is 48.5 Å². The lowest BCUT2D eigenvalue weighted by molar-refractivity contribution is -0.140. The lowest BCUT2D eigenvalue weighted by Gasteiger charge is -2.12. The summed E-state index contributed by atoms with van der Waals surface area (Å²) in [7, 11) is 1.33. The van der Waals surface area contributed by atoms with Crippen molar-refractivity contribution in [2.24, 2.45) is 5.92 Å². The molecule has 0 aromatic heterocycles. The summed E-state index contributed by atoms with van der Waals surface area (Å²) in [6, 6.07) is 24.0. The van der Waals surface area contributed by atoms with Crippen LogP contribution in [-0.2, 0) is 14.9 Å². The summed E-state index contributed by atoms with van der Waals surface area (Å²) in [5.41, 5.74) is 5.35. The number of alkyl halides is 1. The van der Waals surface area contributed by atoms with E-state index in [-0.39, 0.29) is 24.8 Å². The van der Waals surface area contributed by atoms with Crippen molar-refractivity contribution in [2.45, 2.75) is 32.0 Å². The molecule has 0 spiro atoms. The number of nitrogens with one attached hydrogen (secondary N) is 1. The van der Waals surface area contributed by atoms with Crippen molar-refractivity contribution in [1.82, 2.24) is 5.32 Å². The number of carbonyl (C=O) groups is 2. The molecular formula is C30H32Br3NO3. The molecule has 1 amide bonds. The first-order valence-corrected chi connectivity index (χ1v) is 14.6. The van der Waals surface area contributed by atoms with Gasteiger partial charge in [0, 0.05) is 26.4 Å². The molecule has 0 heterocycles. The Morgan fingerprint density at radius 2 is 1.41 bits per heavy atom. The van der Waals surface area contributed by atoms with E-state index in [1.54, 1.807) is 0 Å². The molecule has 3 rings (SSSR count). The number of methoxy groups -OCH3 is 1. The number of ether oxygens (including phenoxy) is 1. The molecule has 0 unspecified atom stereocenters. The molecule has 0 aliphatic heterocycles. The van der Waals surface area contributed by atoms with Gasteiger partial charge in [0.1, 0.15) is 0 Å². The van der Waals surface area contributed by atoms with Crippen LogP contribution in [0.1, 0.15) is 53.7 Å². The minimum atomic E-state index is -0.341. The predicted octanol–water partition coefficient (Wildman–Crippen LogP) is 8.67. The summed E-state index contributed by atoms with van der Waals surface area (Å²) in [6.07, 6.45) is 3.30. The molecule has 196 valence electrons. The van der Waals surface area contributed by atoms with Gasteiger partial charge in [-0.3, -0.25) is 9.59 Å². The van der Waals surface area contributed by atoms with Gasteiger partial charge in [-0.15, -0.1) is 0 Å². The molecule has 0 fully saturated rings. The van der Waals surface area contributed by atoms with Crippen LogP contribution in [0, 0.1) is 5.92 Å². The Kier molecular flexibility index (Phi) is 13.9. The van der Waals surface area contributed by atoms with E-state index in [9.17, 15) is 9.59 Å². The first kappa shape index (κ1) is 31.0. The molecule has 0 aliphatic rings. The van der Waals surface area contributed by atoms with Crippen LogP contribution in [0.2, 0.25) is 0 Å². The van der Waals surface area contributed by atoms with E-state index in [2.05, 4.69) is 102 Å². The van der Waals surface area contributed by atoms with Crippen molar-refractivity contribution in [2.75, 3.05) is 13.7 Å². The zero-order valence-electron chi connectivity index (χ0n) is 21.3. The first-order valence-electron chi connectivity index (χ1n) is 11.9. The Morgan fingerprint density at radius 3 is 1.92 bits per heavy atom. The van der Waals surface area contributed by atoms with Crippen LogP contribution in [0.15, 0.2) is 81.7 Å². The second-order valence-corrected chi connectivity index (χ2v) is 11.1. The number of hydrogen-bond donors (Lipinski definition) is 1. The molecule has 0 saturated heterocycles. The van der Waals surface area contributed by atoms with E-state index in [0.717, 1.165) is 31.8 Å². The Morgan fingerprint density at radius 1 is 0.865 bits per heavy atom. The van der Waals surface area contributed by atoms with Crippen molar-refractivity contribution in [3.8, 4) is 0 Å². The zero-order valence-corrected chi connectivity index (χ0v) is 26.0. The van der Waals surface area contributed by atoms with Crippen molar-refractivity contribution >= 4 is 71.3 Å². The number of amides is 1. The van der Waals surface area contributed by atoms with Crippen molar-refractivity contribution in [1.29, 1.82) is 0 Å². The van der Waals surface area contributed by atoms with Crippen LogP contribution < -0.4 is 5.32 Å². The maximum absolute atomic E-state index is 12.2. The van der Waals surface area contributed by atoms with Crippen LogP contribution in [0.5, 0.6) is 0 Å². The molecule has 0 radical (unpaired) electrons. The van der Waals surface area contributed by atoms with Gasteiger partial charge in [-0.05, 0) is 71.0 Å². The Hall–Kier alpha value is -2.22. The summed E-state index contributed by atoms with van der Waals surface area (Å²) >= 11 is 10.2. The fraction of sp³-hybridized carbons (Fsp3) is 0.267. The Balaban J connectivity index is 0.000000449. The van der Waals surface area contributed by atoms with Gasteiger partial charge in [-0.1, -0.05) is 104 Å². The zero-order chi connectivity index (χ0) is 27.2. The Bertz CT molecular complexity index is 1160. The van der Waals surface area contributed by atoms with E-state index < -0.39 is 0 Å². The summed E-state index contributed by atoms with van der Waals surface area (Å²) in [5, 5.41) is 3.66. The van der Waals surface area contributed by atoms with Gasteiger partial charge >= 0.3 is 5.97 Å². The molecule has 3 aromatic rings. The van der Waals surface area contributed by atoms with Gasteiger partial charge in [0.05, 0.1) is 13.5 Å². The smallest absolute Gasteiger partial charge is 0.307 e. The average molecular weight is 694 g/mol. The van der Waals surface area contributed by atoms with Gasteiger partial charge in [0.15, 0.2) is 0 Å². The van der Waals surface area contributed by atoms with Crippen LogP contribution in [-0.4, -0.2) is 25.5 Å². The SMILES string of the molecule is BrCc1ccc(Br)cc1.COC(=O)CCNC(=O)c1ccc(C(=Cc2ccc(Br)cc2)CC(C)C)cc1. The molecule has 0 aliphatic carbocycles. The summed E-state index contributed by atoms with van der Waals surface area (Å²) in [4.78, 5) is 23.3. The highest BCUT2D eigenvalue weighted by molar-refractivity contribution is 9.10. The second kappa shape index (κ2) is 16.6. The molecule has 0 bridgehead atoms. The minimum Gasteiger partial charge on any atom is -0.469 e. The summed E-state index contributed by atoms with van der Waals surface area (Å²) in [5.74, 6) is -0.0206. The quantitative estimate of drug-likeness (QED) is 0.139. The van der Waals surface area contributed by atoms with Crippen LogP contribution in [0.4, 0.5) is 0 Å². The van der Waals surface area contributed by atoms with E-state index in [0.29, 0.717) is 11.5 Å². The van der Waals surface area contributed by atoms with Gasteiger partial charge in [-0.2, -0.15) is 0 Å². The van der Waals surface area contributed by atoms with Crippen LogP contribution in [0.25, 0.3) is 11.6 Å². The maximum Gasteiger partial charge on any atom is 0.307 e. The highest BCUT2D eigenvalue weighted by atomic mass is 79.9. The van der Waals surface area contributed by atoms with E-state index in [1.165, 1.54) is 18.2 Å². The lowest BCUT2D eigenvalue weighted by atomic mass is 9.94. The van der Waals surface area contributed by atoms with Gasteiger partial charge in [0.25, 0.3) is 5.91 Å². The molecule has 1 N–H and O–H groups in total. The van der Waals surface area contributed by atoms with E-state index >= 15 is 0 Å². The number of halogens is 3. The maximum atomic E-state index is 12.2. The number of benzene rings is 3. The van der Waals surface area contributed by atoms with Gasteiger partial charge < -0.3 is 10.1 Å². The fourth-order valence-corrected chi connectivity index (χ4v) is 4.25. The summed E-state index contributed by atoms with van der Waals surface area (Å²) in [6.45, 7) is 4.65. The van der Waals surface area contributed by atoms with Crippen LogP contribution >= 0.6 is 47.8 Å². The molecule has 4 nitrogen and oxygen atoms in total. The van der Waals surface area contributed by atoms with Crippen LogP contribution in [0.3, 0.4) is 0 Å². The predicted molar refractivity (Wildman–Crippen MR) is 164 cm³/mol. The second-order valence-electron chi connectivity index (χ2n) is 8.74. The highest BCUT2D eigenvalue weighted by Gasteiger charge is 2.09. The van der Waals surface area contributed by atoms with Gasteiger partial charge in [0.2, 0.25) is 0 Å². The van der Waals surface area contributed by atoms with Crippen molar-refractivity contribution in [3.63, 3.8) is 0 Å². The third kappa shape index (κ3) is 11.8. The first-order chi connectivity index (χ1) is 17.7. The number of esters is 1. The van der Waals surface area contributed by atoms with E-state index in [4.69, 9.17) is 0 Å². The standard InChI is InChI=1S/C23H26BrNO3.C7H6Br2/c1-16(2)14-20(15-17-4-10-21(24)11-5-17)18-6-8-19(9-7-18)23(27)25-13-12-22(26)28-3;8-5-6-1-3-7(9)4-2-6/h4-11,15-16H,12-14H2,1-3H3,(H,25,27);1-4H,5H2. The topological polar surface area (TPSA) is 55.4 Å². The lowest BCUT2D eigenvalue weighted by Crippen LogP contribution is -2.26. The monoisotopic (exact) mass is 691 g/mol. The summed E-state index contributed by atoms with van der Waals surface area (Å²) < 4.78 is 6.75. The molecule has 7 heteroatoms. The average Bonchev–Trinajstić information content (AvgIpc) is 2.90. The molecular weight excluding hydrogens is 662 g/mol. The third-order valence-corrected chi connectivity index (χ3v) is 6.97.